The number of fused-ring (bicyclic) bond motifs is 1. The Kier molecular flexibility index (Phi) is 8.18. The zero-order valence-electron chi connectivity index (χ0n) is 21.3. The summed E-state index contributed by atoms with van der Waals surface area (Å²) in [5, 5.41) is 20.4. The highest BCUT2D eigenvalue weighted by atomic mass is 35.5. The molecule has 1 aromatic carbocycles. The molecule has 1 saturated heterocycles. The number of halogens is 1. The molecule has 9 nitrogen and oxygen atoms in total. The van der Waals surface area contributed by atoms with E-state index < -0.39 is 12.7 Å². The van der Waals surface area contributed by atoms with E-state index in [2.05, 4.69) is 9.97 Å². The van der Waals surface area contributed by atoms with Crippen molar-refractivity contribution in [3.8, 4) is 11.1 Å². The van der Waals surface area contributed by atoms with Crippen molar-refractivity contribution in [2.24, 2.45) is 5.92 Å². The van der Waals surface area contributed by atoms with Gasteiger partial charge in [-0.2, -0.15) is 0 Å². The quantitative estimate of drug-likeness (QED) is 0.286. The predicted octanol–water partition coefficient (Wildman–Crippen LogP) is 3.16. The molecule has 2 aromatic heterocycles. The fourth-order valence-corrected chi connectivity index (χ4v) is 5.02. The molecule has 0 bridgehead atoms. The molecular formula is C25H30BClN4O5S. The van der Waals surface area contributed by atoms with Crippen LogP contribution in [0, 0.1) is 5.92 Å². The summed E-state index contributed by atoms with van der Waals surface area (Å²) < 4.78 is 7.17. The van der Waals surface area contributed by atoms with E-state index in [-0.39, 0.29) is 28.1 Å². The van der Waals surface area contributed by atoms with Crippen LogP contribution in [-0.2, 0) is 11.3 Å². The molecule has 37 heavy (non-hydrogen) atoms. The van der Waals surface area contributed by atoms with Crippen LogP contribution >= 0.6 is 23.4 Å². The first-order chi connectivity index (χ1) is 17.5. The molecule has 2 N–H and O–H groups in total. The van der Waals surface area contributed by atoms with E-state index in [4.69, 9.17) is 16.3 Å². The van der Waals surface area contributed by atoms with E-state index in [9.17, 15) is 19.6 Å². The second-order valence-electron chi connectivity index (χ2n) is 10.1. The normalized spacial score (nSPS) is 14.7. The molecule has 1 amide bonds. The molecule has 3 heterocycles. The van der Waals surface area contributed by atoms with Crippen LogP contribution in [0.3, 0.4) is 0 Å². The summed E-state index contributed by atoms with van der Waals surface area (Å²) in [5.74, 6) is 0.157. The maximum Gasteiger partial charge on any atom is 0.488 e. The van der Waals surface area contributed by atoms with Gasteiger partial charge < -0.3 is 19.7 Å². The number of likely N-dealkylation sites (tertiary alicyclic amines) is 1. The lowest BCUT2D eigenvalue weighted by Gasteiger charge is -2.33. The molecule has 12 heteroatoms. The molecule has 196 valence electrons. The van der Waals surface area contributed by atoms with Crippen molar-refractivity contribution in [3.63, 3.8) is 0 Å². The second-order valence-corrected chi connectivity index (χ2v) is 11.3. The van der Waals surface area contributed by atoms with Crippen LogP contribution in [0.15, 0.2) is 40.4 Å². The summed E-state index contributed by atoms with van der Waals surface area (Å²) in [5.41, 5.74) is 0.848. The topological polar surface area (TPSA) is 118 Å². The molecule has 1 fully saturated rings. The van der Waals surface area contributed by atoms with Crippen molar-refractivity contribution >= 4 is 53.1 Å². The van der Waals surface area contributed by atoms with E-state index in [0.29, 0.717) is 47.0 Å². The molecule has 4 rings (SSSR count). The molecule has 0 atom stereocenters. The number of carbonyl (C=O) groups is 1. The number of benzene rings is 1. The summed E-state index contributed by atoms with van der Waals surface area (Å²) in [6, 6.07) is 6.30. The zero-order chi connectivity index (χ0) is 26.9. The van der Waals surface area contributed by atoms with Gasteiger partial charge in [0, 0.05) is 47.4 Å². The highest BCUT2D eigenvalue weighted by Gasteiger charge is 2.28. The summed E-state index contributed by atoms with van der Waals surface area (Å²) in [6.07, 6.45) is 4.70. The van der Waals surface area contributed by atoms with E-state index in [1.807, 2.05) is 27.0 Å². The van der Waals surface area contributed by atoms with Gasteiger partial charge in [0.15, 0.2) is 5.16 Å². The van der Waals surface area contributed by atoms with Gasteiger partial charge in [-0.1, -0.05) is 35.5 Å². The van der Waals surface area contributed by atoms with Crippen molar-refractivity contribution in [1.29, 1.82) is 0 Å². The van der Waals surface area contributed by atoms with E-state index in [1.165, 1.54) is 23.9 Å². The van der Waals surface area contributed by atoms with Gasteiger partial charge in [0.05, 0.1) is 0 Å². The molecular weight excluding hydrogens is 515 g/mol. The minimum atomic E-state index is -1.66. The van der Waals surface area contributed by atoms with E-state index in [1.54, 1.807) is 27.8 Å². The van der Waals surface area contributed by atoms with Gasteiger partial charge in [0.25, 0.3) is 5.56 Å². The Balaban J connectivity index is 1.68. The smallest absolute Gasteiger partial charge is 0.444 e. The molecule has 0 radical (unpaired) electrons. The fourth-order valence-electron chi connectivity index (χ4n) is 4.40. The Morgan fingerprint density at radius 3 is 2.51 bits per heavy atom. The van der Waals surface area contributed by atoms with Crippen LogP contribution in [0.4, 0.5) is 4.79 Å². The highest BCUT2D eigenvalue weighted by molar-refractivity contribution is 7.98. The van der Waals surface area contributed by atoms with Gasteiger partial charge in [-0.3, -0.25) is 9.36 Å². The van der Waals surface area contributed by atoms with Crippen molar-refractivity contribution in [1.82, 2.24) is 19.4 Å². The van der Waals surface area contributed by atoms with Crippen molar-refractivity contribution < 1.29 is 19.6 Å². The van der Waals surface area contributed by atoms with Gasteiger partial charge in [-0.25, -0.2) is 14.8 Å². The van der Waals surface area contributed by atoms with Gasteiger partial charge in [0.1, 0.15) is 11.2 Å². The van der Waals surface area contributed by atoms with Gasteiger partial charge in [0.2, 0.25) is 0 Å². The minimum Gasteiger partial charge on any atom is -0.444 e. The van der Waals surface area contributed by atoms with Crippen LogP contribution in [0.2, 0.25) is 5.02 Å². The summed E-state index contributed by atoms with van der Waals surface area (Å²) >= 11 is 7.86. The largest absolute Gasteiger partial charge is 0.488 e. The number of piperidine rings is 1. The Bertz CT molecular complexity index is 1370. The second kappa shape index (κ2) is 11.0. The van der Waals surface area contributed by atoms with Gasteiger partial charge in [-0.15, -0.1) is 0 Å². The zero-order valence-corrected chi connectivity index (χ0v) is 22.8. The Labute approximate surface area is 225 Å². The first kappa shape index (κ1) is 27.4. The van der Waals surface area contributed by atoms with Gasteiger partial charge >= 0.3 is 13.2 Å². The Hall–Kier alpha value is -2.60. The molecule has 0 spiro atoms. The minimum absolute atomic E-state index is 0.157. The van der Waals surface area contributed by atoms with Crippen molar-refractivity contribution in [3.05, 3.63) is 45.8 Å². The average Bonchev–Trinajstić information content (AvgIpc) is 2.84. The molecule has 0 saturated carbocycles. The number of carbonyl (C=O) groups excluding carboxylic acids is 1. The Morgan fingerprint density at radius 1 is 1.22 bits per heavy atom. The third-order valence-electron chi connectivity index (χ3n) is 6.28. The lowest BCUT2D eigenvalue weighted by atomic mass is 9.80. The van der Waals surface area contributed by atoms with Gasteiger partial charge in [-0.05, 0) is 63.4 Å². The molecule has 3 aromatic rings. The number of aromatic nitrogens is 3. The summed E-state index contributed by atoms with van der Waals surface area (Å²) in [4.78, 5) is 37.0. The number of ether oxygens (including phenoxy) is 1. The maximum atomic E-state index is 13.8. The lowest BCUT2D eigenvalue weighted by Crippen LogP contribution is -2.42. The Morgan fingerprint density at radius 2 is 1.92 bits per heavy atom. The predicted molar refractivity (Wildman–Crippen MR) is 146 cm³/mol. The van der Waals surface area contributed by atoms with Crippen LogP contribution < -0.4 is 11.0 Å². The summed E-state index contributed by atoms with van der Waals surface area (Å²) in [7, 11) is -1.66. The number of nitrogens with zero attached hydrogens (tertiary/aromatic N) is 4. The number of amides is 1. The number of hydrogen-bond donors (Lipinski definition) is 2. The van der Waals surface area contributed by atoms with Crippen molar-refractivity contribution in [2.75, 3.05) is 19.3 Å². The molecule has 0 aliphatic carbocycles. The molecule has 1 aliphatic rings. The standard InChI is InChI=1S/C25H30BClN4O5S/c1-25(2,3)36-24(33)30-9-7-15(8-10-30)14-31-21-16(13-28-23(29-21)37-4)11-19(22(31)32)18-6-5-17(26(34)35)12-20(18)27/h5-6,11-13,15,34-35H,7-10,14H2,1-4H3. The van der Waals surface area contributed by atoms with Crippen LogP contribution in [0.1, 0.15) is 33.6 Å². The van der Waals surface area contributed by atoms with Crippen LogP contribution in [0.25, 0.3) is 22.2 Å². The molecule has 0 unspecified atom stereocenters. The van der Waals surface area contributed by atoms with Crippen LogP contribution in [-0.4, -0.2) is 67.6 Å². The monoisotopic (exact) mass is 544 g/mol. The number of rotatable bonds is 5. The number of thioether (sulfide) groups is 1. The third-order valence-corrected chi connectivity index (χ3v) is 7.15. The lowest BCUT2D eigenvalue weighted by molar-refractivity contribution is 0.0178. The number of hydrogen-bond acceptors (Lipinski definition) is 8. The maximum absolute atomic E-state index is 13.8. The van der Waals surface area contributed by atoms with E-state index in [0.717, 1.165) is 12.8 Å². The van der Waals surface area contributed by atoms with Crippen molar-refractivity contribution in [2.45, 2.75) is 50.9 Å². The number of pyridine rings is 1. The average molecular weight is 545 g/mol. The third kappa shape index (κ3) is 6.28. The van der Waals surface area contributed by atoms with E-state index >= 15 is 0 Å². The fraction of sp³-hybridized carbons (Fsp3) is 0.440. The first-order valence-electron chi connectivity index (χ1n) is 12.1. The summed E-state index contributed by atoms with van der Waals surface area (Å²) in [6.45, 7) is 7.07. The first-order valence-corrected chi connectivity index (χ1v) is 13.7. The highest BCUT2D eigenvalue weighted by Crippen LogP contribution is 2.28. The van der Waals surface area contributed by atoms with Crippen LogP contribution in [0.5, 0.6) is 0 Å². The SMILES string of the molecule is CSc1ncc2cc(-c3ccc(B(O)O)cc3Cl)c(=O)n(CC3CCN(C(=O)OC(C)(C)C)CC3)c2n1. The molecule has 1 aliphatic heterocycles.